The molecule has 0 heterocycles. The molecule has 2 nitrogen and oxygen atoms in total. The van der Waals surface area contributed by atoms with Gasteiger partial charge in [-0.05, 0) is 80.5 Å². The molecule has 0 aliphatic heterocycles. The lowest BCUT2D eigenvalue weighted by Gasteiger charge is -2.12. The molecule has 1 aliphatic carbocycles. The first kappa shape index (κ1) is 17.6. The average Bonchev–Trinajstić information content (AvgIpc) is 2.96. The van der Waals surface area contributed by atoms with Gasteiger partial charge in [-0.2, -0.15) is 0 Å². The van der Waals surface area contributed by atoms with Crippen LogP contribution >= 0.6 is 11.9 Å². The summed E-state index contributed by atoms with van der Waals surface area (Å²) < 4.78 is 12.8. The summed E-state index contributed by atoms with van der Waals surface area (Å²) in [5.41, 5.74) is 9.88. The Kier molecular flexibility index (Phi) is 5.06. The molecular formula is C22H24BO2S. The molecule has 0 spiro atoms. The molecule has 1 radical (unpaired) electrons. The number of hydrogen-bond acceptors (Lipinski definition) is 3. The smallest absolute Gasteiger partial charge is 0.209 e. The van der Waals surface area contributed by atoms with Crippen molar-refractivity contribution in [2.75, 3.05) is 0 Å². The molecule has 3 rings (SSSR count). The fourth-order valence-electron chi connectivity index (χ4n) is 3.52. The number of carbonyl (C=O) groups excluding carboxylic acids is 1. The standard InChI is InChI=1S/C22H24BO2S/c1-12-6-7-17(8-13(12)2)19-11-20(25-26-23)22(24)21(19)18-9-14(3)16(5)15(4)10-18/h6-10,20,23H,11H2,1-5H3/i23T. The van der Waals surface area contributed by atoms with E-state index in [0.29, 0.717) is 6.42 Å². The predicted octanol–water partition coefficient (Wildman–Crippen LogP) is 4.96. The summed E-state index contributed by atoms with van der Waals surface area (Å²) >= 11 is 0.912. The van der Waals surface area contributed by atoms with Crippen molar-refractivity contribution in [1.82, 2.24) is 0 Å². The lowest BCUT2D eigenvalue weighted by molar-refractivity contribution is -0.118. The summed E-state index contributed by atoms with van der Waals surface area (Å²) in [4.78, 5) is 13.2. The maximum Gasteiger partial charge on any atom is 0.209 e. The van der Waals surface area contributed by atoms with Crippen LogP contribution in [0.2, 0.25) is 0 Å². The Hall–Kier alpha value is -1.78. The van der Waals surface area contributed by atoms with E-state index in [0.717, 1.165) is 41.3 Å². The monoisotopic (exact) mass is 365 g/mol. The van der Waals surface area contributed by atoms with Gasteiger partial charge in [0.2, 0.25) is 7.09 Å². The van der Waals surface area contributed by atoms with Gasteiger partial charge in [-0.15, -0.1) is 0 Å². The zero-order valence-corrected chi connectivity index (χ0v) is 16.8. The van der Waals surface area contributed by atoms with Crippen molar-refractivity contribution >= 4 is 35.9 Å². The molecule has 0 N–H and O–H groups in total. The highest BCUT2D eigenvalue weighted by Gasteiger charge is 2.35. The normalized spacial score (nSPS) is 17.7. The third-order valence-corrected chi connectivity index (χ3v) is 5.82. The van der Waals surface area contributed by atoms with Gasteiger partial charge in [-0.3, -0.25) is 4.79 Å². The summed E-state index contributed by atoms with van der Waals surface area (Å²) in [5, 5.41) is 0. The van der Waals surface area contributed by atoms with E-state index in [9.17, 15) is 4.79 Å². The Morgan fingerprint density at radius 3 is 2.27 bits per heavy atom. The third-order valence-electron chi connectivity index (χ3n) is 5.47. The van der Waals surface area contributed by atoms with Gasteiger partial charge in [-0.25, -0.2) is 0 Å². The molecule has 0 saturated heterocycles. The highest BCUT2D eigenvalue weighted by atomic mass is 32.2. The van der Waals surface area contributed by atoms with Crippen LogP contribution in [0.1, 0.15) is 45.4 Å². The van der Waals surface area contributed by atoms with E-state index >= 15 is 0 Å². The van der Waals surface area contributed by atoms with Crippen molar-refractivity contribution < 1.29 is 8.98 Å². The van der Waals surface area contributed by atoms with Gasteiger partial charge in [0.05, 0.1) is 0 Å². The molecule has 2 aromatic carbocycles. The van der Waals surface area contributed by atoms with E-state index in [1.165, 1.54) is 27.8 Å². The van der Waals surface area contributed by atoms with Crippen LogP contribution in [0.5, 0.6) is 0 Å². The number of aryl methyl sites for hydroxylation is 4. The zero-order chi connectivity index (χ0) is 19.7. The van der Waals surface area contributed by atoms with Crippen LogP contribution in [0.3, 0.4) is 0 Å². The average molecular weight is 365 g/mol. The van der Waals surface area contributed by atoms with Crippen molar-refractivity contribution in [2.45, 2.75) is 47.1 Å². The summed E-state index contributed by atoms with van der Waals surface area (Å²) in [6, 6.07) is 10.5. The molecule has 2 aromatic rings. The minimum atomic E-state index is -0.551. The number of benzene rings is 2. The topological polar surface area (TPSA) is 26.3 Å². The lowest BCUT2D eigenvalue weighted by atomic mass is 9.91. The second-order valence-corrected chi connectivity index (χ2v) is 7.52. The Morgan fingerprint density at radius 1 is 1.00 bits per heavy atom. The lowest BCUT2D eigenvalue weighted by Crippen LogP contribution is -2.17. The van der Waals surface area contributed by atoms with Gasteiger partial charge < -0.3 is 4.18 Å². The van der Waals surface area contributed by atoms with Crippen LogP contribution in [0.25, 0.3) is 11.1 Å². The molecule has 1 atom stereocenters. The van der Waals surface area contributed by atoms with Crippen molar-refractivity contribution in [1.29, 1.82) is 1.34 Å². The quantitative estimate of drug-likeness (QED) is 0.553. The van der Waals surface area contributed by atoms with Crippen LogP contribution in [0.4, 0.5) is 0 Å². The highest BCUT2D eigenvalue weighted by molar-refractivity contribution is 8.15. The molecule has 0 bridgehead atoms. The summed E-state index contributed by atoms with van der Waals surface area (Å²) in [6.07, 6.45) is -0.0196. The van der Waals surface area contributed by atoms with Crippen LogP contribution in [-0.2, 0) is 8.98 Å². The van der Waals surface area contributed by atoms with E-state index in [4.69, 9.17) is 5.52 Å². The fourth-order valence-corrected chi connectivity index (χ4v) is 3.81. The molecule has 0 fully saturated rings. The van der Waals surface area contributed by atoms with E-state index < -0.39 is 6.10 Å². The Morgan fingerprint density at radius 2 is 1.65 bits per heavy atom. The van der Waals surface area contributed by atoms with Gasteiger partial charge in [0.15, 0.2) is 5.78 Å². The number of Topliss-reactive ketones (excluding diaryl/α,β-unsaturated/α-hetero) is 1. The third kappa shape index (κ3) is 3.41. The molecular weight excluding hydrogens is 339 g/mol. The van der Waals surface area contributed by atoms with Crippen molar-refractivity contribution in [3.05, 3.63) is 69.3 Å². The maximum atomic E-state index is 13.2. The molecule has 4 heteroatoms. The first-order valence-electron chi connectivity index (χ1n) is 9.36. The van der Waals surface area contributed by atoms with Crippen molar-refractivity contribution in [3.63, 3.8) is 0 Å². The molecule has 0 saturated carbocycles. The first-order chi connectivity index (χ1) is 12.8. The Balaban J connectivity index is 2.15. The number of rotatable bonds is 5. The van der Waals surface area contributed by atoms with Crippen molar-refractivity contribution in [2.24, 2.45) is 0 Å². The van der Waals surface area contributed by atoms with Gasteiger partial charge in [0, 0.05) is 12.0 Å². The SMILES string of the molecule is [3H][B]SOC1CC(c2ccc(C)c(C)c2)=C(c2cc(C)c(C)c(C)c2)C1=O. The van der Waals surface area contributed by atoms with Gasteiger partial charge in [0.1, 0.15) is 6.10 Å². The molecule has 0 amide bonds. The molecule has 133 valence electrons. The maximum absolute atomic E-state index is 13.2. The van der Waals surface area contributed by atoms with E-state index in [-0.39, 0.29) is 5.78 Å². The van der Waals surface area contributed by atoms with E-state index in [2.05, 4.69) is 65.0 Å². The molecule has 1 unspecified atom stereocenters. The minimum absolute atomic E-state index is 0.000214. The van der Waals surface area contributed by atoms with Crippen LogP contribution in [-0.4, -0.2) is 20.3 Å². The molecule has 1 aliphatic rings. The minimum Gasteiger partial charge on any atom is -0.316 e. The number of hydrogen-bond donors (Lipinski definition) is 0. The van der Waals surface area contributed by atoms with E-state index in [1.54, 1.807) is 0 Å². The number of carbonyl (C=O) groups is 1. The van der Waals surface area contributed by atoms with Gasteiger partial charge >= 0.3 is 0 Å². The van der Waals surface area contributed by atoms with Crippen LogP contribution < -0.4 is 0 Å². The van der Waals surface area contributed by atoms with Crippen LogP contribution in [0.15, 0.2) is 30.3 Å². The first-order valence-corrected chi connectivity index (χ1v) is 9.59. The van der Waals surface area contributed by atoms with Gasteiger partial charge in [0.25, 0.3) is 0 Å². The second-order valence-electron chi connectivity index (χ2n) is 7.14. The zero-order valence-electron chi connectivity index (χ0n) is 17.0. The fraction of sp³-hybridized carbons (Fsp3) is 0.318. The summed E-state index contributed by atoms with van der Waals surface area (Å²) in [7, 11) is 1.11. The van der Waals surface area contributed by atoms with E-state index in [1.807, 2.05) is 0 Å². The highest BCUT2D eigenvalue weighted by Crippen LogP contribution is 2.41. The second kappa shape index (κ2) is 7.46. The molecule has 0 aromatic heterocycles. The Labute approximate surface area is 162 Å². The van der Waals surface area contributed by atoms with Crippen LogP contribution in [0, 0.1) is 34.6 Å². The Bertz CT molecular complexity index is 913. The predicted molar refractivity (Wildman–Crippen MR) is 113 cm³/mol. The molecule has 26 heavy (non-hydrogen) atoms. The summed E-state index contributed by atoms with van der Waals surface area (Å²) in [5.74, 6) is 0.000214. The van der Waals surface area contributed by atoms with Gasteiger partial charge in [-0.1, -0.05) is 42.2 Å². The number of ketones is 1. The van der Waals surface area contributed by atoms with Crippen molar-refractivity contribution in [3.8, 4) is 0 Å². The largest absolute Gasteiger partial charge is 0.316 e. The summed E-state index contributed by atoms with van der Waals surface area (Å²) in [6.45, 7) is 10.5.